The highest BCUT2D eigenvalue weighted by Gasteiger charge is 2.11. The van der Waals surface area contributed by atoms with Gasteiger partial charge in [-0.15, -0.1) is 0 Å². The Balaban J connectivity index is 1.67. The lowest BCUT2D eigenvalue weighted by atomic mass is 10.2. The molecule has 2 N–H and O–H groups in total. The lowest BCUT2D eigenvalue weighted by Gasteiger charge is -2.11. The van der Waals surface area contributed by atoms with E-state index in [1.807, 2.05) is 0 Å². The van der Waals surface area contributed by atoms with Crippen LogP contribution < -0.4 is 20.1 Å². The highest BCUT2D eigenvalue weighted by Crippen LogP contribution is 2.29. The minimum Gasteiger partial charge on any atom is -0.493 e. The number of aromatic nitrogens is 2. The fourth-order valence-electron chi connectivity index (χ4n) is 2.48. The number of carbonyl (C=O) groups excluding carboxylic acids is 1. The number of ether oxygens (including phenoxy) is 2. The number of benzene rings is 2. The average molecular weight is 382 g/mol. The molecule has 3 aromatic rings. The number of hydrogen-bond donors (Lipinski definition) is 2. The molecule has 3 rings (SSSR count). The molecule has 7 nitrogen and oxygen atoms in total. The minimum atomic E-state index is -0.389. The van der Waals surface area contributed by atoms with Crippen LogP contribution in [0.4, 0.5) is 15.9 Å². The van der Waals surface area contributed by atoms with Crippen LogP contribution in [-0.2, 0) is 6.54 Å². The van der Waals surface area contributed by atoms with Crippen LogP contribution in [0.15, 0.2) is 54.9 Å². The SMILES string of the molecule is COc1ccc(NC(=O)c2cc(NCc3ccc(F)cc3)ncn2)cc1OC. The summed E-state index contributed by atoms with van der Waals surface area (Å²) in [6.07, 6.45) is 1.30. The molecule has 1 amide bonds. The first kappa shape index (κ1) is 19.1. The third kappa shape index (κ3) is 4.73. The van der Waals surface area contributed by atoms with E-state index < -0.39 is 0 Å². The van der Waals surface area contributed by atoms with Crippen LogP contribution in [0.5, 0.6) is 11.5 Å². The summed E-state index contributed by atoms with van der Waals surface area (Å²) >= 11 is 0. The van der Waals surface area contributed by atoms with E-state index in [2.05, 4.69) is 20.6 Å². The molecular formula is C20H19FN4O3. The van der Waals surface area contributed by atoms with Crippen molar-refractivity contribution in [2.75, 3.05) is 24.9 Å². The van der Waals surface area contributed by atoms with Gasteiger partial charge in [-0.05, 0) is 29.8 Å². The molecular weight excluding hydrogens is 363 g/mol. The predicted molar refractivity (Wildman–Crippen MR) is 103 cm³/mol. The molecule has 0 saturated heterocycles. The van der Waals surface area contributed by atoms with Crippen LogP contribution in [0.3, 0.4) is 0 Å². The van der Waals surface area contributed by atoms with Crippen LogP contribution in [0.1, 0.15) is 16.1 Å². The summed E-state index contributed by atoms with van der Waals surface area (Å²) in [7, 11) is 3.06. The third-order valence-electron chi connectivity index (χ3n) is 3.93. The van der Waals surface area contributed by atoms with Crippen LogP contribution in [-0.4, -0.2) is 30.1 Å². The summed E-state index contributed by atoms with van der Waals surface area (Å²) in [6.45, 7) is 0.439. The Kier molecular flexibility index (Phi) is 6.01. The van der Waals surface area contributed by atoms with E-state index in [4.69, 9.17) is 9.47 Å². The normalized spacial score (nSPS) is 10.2. The van der Waals surface area contributed by atoms with Crippen molar-refractivity contribution in [2.45, 2.75) is 6.54 Å². The molecule has 0 spiro atoms. The van der Waals surface area contributed by atoms with E-state index in [1.54, 1.807) is 36.4 Å². The summed E-state index contributed by atoms with van der Waals surface area (Å²) in [5.41, 5.74) is 1.63. The van der Waals surface area contributed by atoms with E-state index >= 15 is 0 Å². The molecule has 0 aliphatic heterocycles. The quantitative estimate of drug-likeness (QED) is 0.651. The number of carbonyl (C=O) groups is 1. The molecule has 0 aliphatic rings. The molecule has 1 heterocycles. The maximum absolute atomic E-state index is 13.0. The van der Waals surface area contributed by atoms with Crippen molar-refractivity contribution in [3.8, 4) is 11.5 Å². The summed E-state index contributed by atoms with van der Waals surface area (Å²) < 4.78 is 23.4. The van der Waals surface area contributed by atoms with Crippen LogP contribution in [0, 0.1) is 5.82 Å². The van der Waals surface area contributed by atoms with E-state index in [-0.39, 0.29) is 17.4 Å². The van der Waals surface area contributed by atoms with Crippen molar-refractivity contribution < 1.29 is 18.7 Å². The van der Waals surface area contributed by atoms with Gasteiger partial charge in [0, 0.05) is 24.4 Å². The lowest BCUT2D eigenvalue weighted by molar-refractivity contribution is 0.102. The number of amides is 1. The van der Waals surface area contributed by atoms with Gasteiger partial charge in [-0.25, -0.2) is 14.4 Å². The first-order valence-electron chi connectivity index (χ1n) is 8.43. The Morgan fingerprint density at radius 2 is 1.75 bits per heavy atom. The van der Waals surface area contributed by atoms with Gasteiger partial charge in [0.25, 0.3) is 5.91 Å². The highest BCUT2D eigenvalue weighted by atomic mass is 19.1. The molecule has 28 heavy (non-hydrogen) atoms. The maximum atomic E-state index is 13.0. The molecule has 0 unspecified atom stereocenters. The van der Waals surface area contributed by atoms with Gasteiger partial charge in [-0.3, -0.25) is 4.79 Å². The number of rotatable bonds is 7. The molecule has 1 aromatic heterocycles. The van der Waals surface area contributed by atoms with Gasteiger partial charge in [0.15, 0.2) is 11.5 Å². The van der Waals surface area contributed by atoms with E-state index in [0.717, 1.165) is 5.56 Å². The van der Waals surface area contributed by atoms with E-state index in [0.29, 0.717) is 29.5 Å². The predicted octanol–water partition coefficient (Wildman–Crippen LogP) is 3.50. The molecule has 2 aromatic carbocycles. The Labute approximate surface area is 161 Å². The Hall–Kier alpha value is -3.68. The molecule has 0 aliphatic carbocycles. The molecule has 8 heteroatoms. The summed E-state index contributed by atoms with van der Waals surface area (Å²) in [5.74, 6) is 0.871. The molecule has 144 valence electrons. The molecule has 0 fully saturated rings. The first-order chi connectivity index (χ1) is 13.6. The second-order valence-corrected chi connectivity index (χ2v) is 5.79. The van der Waals surface area contributed by atoms with Gasteiger partial charge in [0.1, 0.15) is 23.7 Å². The monoisotopic (exact) mass is 382 g/mol. The van der Waals surface area contributed by atoms with Crippen molar-refractivity contribution in [3.63, 3.8) is 0 Å². The topological polar surface area (TPSA) is 85.4 Å². The van der Waals surface area contributed by atoms with Gasteiger partial charge in [0.05, 0.1) is 14.2 Å². The van der Waals surface area contributed by atoms with E-state index in [9.17, 15) is 9.18 Å². The zero-order valence-corrected chi connectivity index (χ0v) is 15.4. The number of hydrogen-bond acceptors (Lipinski definition) is 6. The maximum Gasteiger partial charge on any atom is 0.274 e. The smallest absolute Gasteiger partial charge is 0.274 e. The average Bonchev–Trinajstić information content (AvgIpc) is 2.73. The number of methoxy groups -OCH3 is 2. The Morgan fingerprint density at radius 1 is 1.00 bits per heavy atom. The number of anilines is 2. The van der Waals surface area contributed by atoms with Gasteiger partial charge in [0.2, 0.25) is 0 Å². The highest BCUT2D eigenvalue weighted by molar-refractivity contribution is 6.03. The largest absolute Gasteiger partial charge is 0.493 e. The lowest BCUT2D eigenvalue weighted by Crippen LogP contribution is -2.14. The molecule has 0 atom stereocenters. The number of halogens is 1. The zero-order valence-electron chi connectivity index (χ0n) is 15.4. The summed E-state index contributed by atoms with van der Waals surface area (Å²) in [4.78, 5) is 20.6. The van der Waals surface area contributed by atoms with Gasteiger partial charge < -0.3 is 20.1 Å². The Bertz CT molecular complexity index is 964. The van der Waals surface area contributed by atoms with Crippen molar-refractivity contribution in [1.29, 1.82) is 0 Å². The van der Waals surface area contributed by atoms with Crippen molar-refractivity contribution in [2.24, 2.45) is 0 Å². The molecule has 0 bridgehead atoms. The second kappa shape index (κ2) is 8.81. The standard InChI is InChI=1S/C20H19FN4O3/c1-27-17-8-7-15(9-18(17)28-2)25-20(26)16-10-19(24-12-23-16)22-11-13-3-5-14(21)6-4-13/h3-10,12H,11H2,1-2H3,(H,25,26)(H,22,23,24). The van der Waals surface area contributed by atoms with E-state index in [1.165, 1.54) is 32.7 Å². The number of nitrogens with one attached hydrogen (secondary N) is 2. The van der Waals surface area contributed by atoms with Crippen LogP contribution >= 0.6 is 0 Å². The molecule has 0 radical (unpaired) electrons. The Morgan fingerprint density at radius 3 is 2.46 bits per heavy atom. The number of nitrogens with zero attached hydrogens (tertiary/aromatic N) is 2. The van der Waals surface area contributed by atoms with Gasteiger partial charge >= 0.3 is 0 Å². The zero-order chi connectivity index (χ0) is 19.9. The summed E-state index contributed by atoms with van der Waals surface area (Å²) in [6, 6.07) is 12.7. The summed E-state index contributed by atoms with van der Waals surface area (Å²) in [5, 5.41) is 5.84. The fourth-order valence-corrected chi connectivity index (χ4v) is 2.48. The van der Waals surface area contributed by atoms with Crippen molar-refractivity contribution >= 4 is 17.4 Å². The molecule has 0 saturated carbocycles. The van der Waals surface area contributed by atoms with Crippen LogP contribution in [0.25, 0.3) is 0 Å². The van der Waals surface area contributed by atoms with Gasteiger partial charge in [-0.2, -0.15) is 0 Å². The van der Waals surface area contributed by atoms with Gasteiger partial charge in [-0.1, -0.05) is 12.1 Å². The first-order valence-corrected chi connectivity index (χ1v) is 8.43. The van der Waals surface area contributed by atoms with Crippen LogP contribution in [0.2, 0.25) is 0 Å². The van der Waals surface area contributed by atoms with Crippen molar-refractivity contribution in [1.82, 2.24) is 9.97 Å². The minimum absolute atomic E-state index is 0.200. The van der Waals surface area contributed by atoms with Crippen molar-refractivity contribution in [3.05, 3.63) is 71.9 Å². The fraction of sp³-hybridized carbons (Fsp3) is 0.150. The third-order valence-corrected chi connectivity index (χ3v) is 3.93. The second-order valence-electron chi connectivity index (χ2n) is 5.79.